The number of hydrogen-bond donors (Lipinski definition) is 2. The van der Waals surface area contributed by atoms with E-state index in [4.69, 9.17) is 11.5 Å². The van der Waals surface area contributed by atoms with Crippen molar-refractivity contribution < 1.29 is 0 Å². The van der Waals surface area contributed by atoms with E-state index in [0.29, 0.717) is 5.82 Å². The van der Waals surface area contributed by atoms with Crippen LogP contribution in [0.1, 0.15) is 110 Å². The highest BCUT2D eigenvalue weighted by atomic mass is 14.8. The summed E-state index contributed by atoms with van der Waals surface area (Å²) in [5, 5.41) is 0. The second kappa shape index (κ2) is 17.4. The Hall–Kier alpha value is -0.920. The van der Waals surface area contributed by atoms with Crippen molar-refractivity contribution in [2.45, 2.75) is 110 Å². The van der Waals surface area contributed by atoms with Gasteiger partial charge in [0.1, 0.15) is 0 Å². The van der Waals surface area contributed by atoms with Crippen LogP contribution in [0.2, 0.25) is 0 Å². The molecule has 0 amide bonds. The van der Waals surface area contributed by atoms with Gasteiger partial charge >= 0.3 is 0 Å². The molecule has 0 fully saturated rings. The van der Waals surface area contributed by atoms with Gasteiger partial charge in [0.25, 0.3) is 0 Å². The Morgan fingerprint density at radius 2 is 1.09 bits per heavy atom. The Kier molecular flexibility index (Phi) is 16.7. The first kappa shape index (κ1) is 22.1. The van der Waals surface area contributed by atoms with E-state index in [2.05, 4.69) is 19.1 Å². The second-order valence-corrected chi connectivity index (χ2v) is 6.92. The third-order valence-corrected chi connectivity index (χ3v) is 4.56. The number of allylic oxidation sites excluding steroid dienone is 3. The van der Waals surface area contributed by atoms with Crippen molar-refractivity contribution in [2.75, 3.05) is 0 Å². The highest BCUT2D eigenvalue weighted by Crippen LogP contribution is 2.13. The zero-order valence-corrected chi connectivity index (χ0v) is 15.9. The third-order valence-electron chi connectivity index (χ3n) is 4.56. The van der Waals surface area contributed by atoms with E-state index >= 15 is 0 Å². The van der Waals surface area contributed by atoms with Gasteiger partial charge < -0.3 is 11.5 Å². The molecule has 136 valence electrons. The van der Waals surface area contributed by atoms with E-state index in [9.17, 15) is 0 Å². The van der Waals surface area contributed by atoms with E-state index in [0.717, 1.165) is 12.0 Å². The Bertz CT molecular complexity index is 301. The molecule has 0 radical (unpaired) electrons. The third kappa shape index (κ3) is 17.3. The fraction of sp³-hybridized carbons (Fsp3) is 0.810. The summed E-state index contributed by atoms with van der Waals surface area (Å²) >= 11 is 0. The fourth-order valence-electron chi connectivity index (χ4n) is 2.78. The van der Waals surface area contributed by atoms with Crippen molar-refractivity contribution in [2.24, 2.45) is 11.5 Å². The smallest absolute Gasteiger partial charge is 0.0922 e. The SMILES string of the molecule is CCCCCCCC/C=C\CCCCCCCCC(C)=C(N)N. The minimum absolute atomic E-state index is 0.512. The lowest BCUT2D eigenvalue weighted by Crippen LogP contribution is -2.10. The van der Waals surface area contributed by atoms with Crippen molar-refractivity contribution in [1.82, 2.24) is 0 Å². The van der Waals surface area contributed by atoms with Gasteiger partial charge in [-0.15, -0.1) is 0 Å². The molecular weight excluding hydrogens is 280 g/mol. The summed E-state index contributed by atoms with van der Waals surface area (Å²) in [6.45, 7) is 4.31. The van der Waals surface area contributed by atoms with Crippen LogP contribution in [0, 0.1) is 0 Å². The quantitative estimate of drug-likeness (QED) is 0.249. The molecule has 0 saturated heterocycles. The molecule has 23 heavy (non-hydrogen) atoms. The normalized spacial score (nSPS) is 11.2. The van der Waals surface area contributed by atoms with Crippen molar-refractivity contribution >= 4 is 0 Å². The highest BCUT2D eigenvalue weighted by Gasteiger charge is 1.95. The van der Waals surface area contributed by atoms with Crippen molar-refractivity contribution in [3.05, 3.63) is 23.5 Å². The van der Waals surface area contributed by atoms with Gasteiger partial charge in [-0.1, -0.05) is 76.9 Å². The van der Waals surface area contributed by atoms with E-state index < -0.39 is 0 Å². The molecule has 2 nitrogen and oxygen atoms in total. The molecule has 0 aromatic rings. The summed E-state index contributed by atoms with van der Waals surface area (Å²) in [4.78, 5) is 0. The summed E-state index contributed by atoms with van der Waals surface area (Å²) in [6.07, 6.45) is 24.8. The number of hydrogen-bond acceptors (Lipinski definition) is 2. The van der Waals surface area contributed by atoms with E-state index in [-0.39, 0.29) is 0 Å². The lowest BCUT2D eigenvalue weighted by molar-refractivity contribution is 0.594. The summed E-state index contributed by atoms with van der Waals surface area (Å²) in [6, 6.07) is 0. The van der Waals surface area contributed by atoms with Crippen molar-refractivity contribution in [1.29, 1.82) is 0 Å². The lowest BCUT2D eigenvalue weighted by Gasteiger charge is -2.03. The van der Waals surface area contributed by atoms with Crippen molar-refractivity contribution in [3.63, 3.8) is 0 Å². The maximum Gasteiger partial charge on any atom is 0.0922 e. The zero-order chi connectivity index (χ0) is 17.2. The van der Waals surface area contributed by atoms with Crippen LogP contribution >= 0.6 is 0 Å². The van der Waals surface area contributed by atoms with Crippen LogP contribution in [0.4, 0.5) is 0 Å². The molecule has 0 atom stereocenters. The van der Waals surface area contributed by atoms with Gasteiger partial charge in [-0.25, -0.2) is 0 Å². The van der Waals surface area contributed by atoms with Gasteiger partial charge in [-0.3, -0.25) is 0 Å². The molecule has 0 saturated carbocycles. The molecule has 0 bridgehead atoms. The predicted molar refractivity (Wildman–Crippen MR) is 105 cm³/mol. The molecule has 0 aliphatic heterocycles. The zero-order valence-electron chi connectivity index (χ0n) is 15.9. The largest absolute Gasteiger partial charge is 0.386 e. The highest BCUT2D eigenvalue weighted by molar-refractivity contribution is 5.03. The van der Waals surface area contributed by atoms with Crippen LogP contribution in [0.25, 0.3) is 0 Å². The standard InChI is InChI=1S/C21H42N2/c1-3-4-5-6-7-8-9-10-11-12-13-14-15-16-17-18-19-20(2)21(22)23/h10-11H,3-9,12-19,22-23H2,1-2H3/b11-10-. The van der Waals surface area contributed by atoms with E-state index in [1.54, 1.807) is 0 Å². The Morgan fingerprint density at radius 1 is 0.652 bits per heavy atom. The van der Waals surface area contributed by atoms with Gasteiger partial charge in [0.15, 0.2) is 0 Å². The number of nitrogens with two attached hydrogens (primary N) is 2. The average Bonchev–Trinajstić information content (AvgIpc) is 2.54. The Balaban J connectivity index is 3.18. The molecule has 0 rings (SSSR count). The molecule has 2 heteroatoms. The summed E-state index contributed by atoms with van der Waals surface area (Å²) in [7, 11) is 0. The number of unbranched alkanes of at least 4 members (excludes halogenated alkanes) is 12. The van der Waals surface area contributed by atoms with Crippen LogP contribution in [0.5, 0.6) is 0 Å². The summed E-state index contributed by atoms with van der Waals surface area (Å²) < 4.78 is 0. The van der Waals surface area contributed by atoms with E-state index in [1.807, 2.05) is 6.92 Å². The van der Waals surface area contributed by atoms with Gasteiger partial charge in [0.2, 0.25) is 0 Å². The molecule has 0 aliphatic rings. The van der Waals surface area contributed by atoms with Crippen LogP contribution in [0.3, 0.4) is 0 Å². The van der Waals surface area contributed by atoms with E-state index in [1.165, 1.54) is 89.9 Å². The lowest BCUT2D eigenvalue weighted by atomic mass is 10.0. The van der Waals surface area contributed by atoms with Crippen molar-refractivity contribution in [3.8, 4) is 0 Å². The average molecular weight is 323 g/mol. The summed E-state index contributed by atoms with van der Waals surface area (Å²) in [5.41, 5.74) is 12.3. The van der Waals surface area contributed by atoms with Crippen LogP contribution < -0.4 is 11.5 Å². The Labute approximate surface area is 145 Å². The molecule has 0 spiro atoms. The first-order valence-electron chi connectivity index (χ1n) is 10.0. The van der Waals surface area contributed by atoms with Gasteiger partial charge in [0, 0.05) is 0 Å². The van der Waals surface area contributed by atoms with Gasteiger partial charge in [-0.2, -0.15) is 0 Å². The van der Waals surface area contributed by atoms with Crippen LogP contribution in [0.15, 0.2) is 23.5 Å². The van der Waals surface area contributed by atoms with Crippen LogP contribution in [-0.4, -0.2) is 0 Å². The first-order chi connectivity index (χ1) is 11.2. The maximum atomic E-state index is 5.55. The Morgan fingerprint density at radius 3 is 1.57 bits per heavy atom. The number of rotatable bonds is 16. The second-order valence-electron chi connectivity index (χ2n) is 6.92. The van der Waals surface area contributed by atoms with Crippen LogP contribution in [-0.2, 0) is 0 Å². The predicted octanol–water partition coefficient (Wildman–Crippen LogP) is 6.56. The molecule has 4 N–H and O–H groups in total. The minimum atomic E-state index is 0.512. The topological polar surface area (TPSA) is 52.0 Å². The molecule has 0 aromatic heterocycles. The summed E-state index contributed by atoms with van der Waals surface area (Å²) in [5.74, 6) is 0.512. The molecule has 0 aromatic carbocycles. The maximum absolute atomic E-state index is 5.55. The minimum Gasteiger partial charge on any atom is -0.386 e. The monoisotopic (exact) mass is 322 g/mol. The first-order valence-corrected chi connectivity index (χ1v) is 10.0. The van der Waals surface area contributed by atoms with Gasteiger partial charge in [0.05, 0.1) is 5.82 Å². The molecule has 0 unspecified atom stereocenters. The fourth-order valence-corrected chi connectivity index (χ4v) is 2.78. The molecular formula is C21H42N2. The molecule has 0 aliphatic carbocycles. The molecule has 0 heterocycles. The van der Waals surface area contributed by atoms with Gasteiger partial charge in [-0.05, 0) is 51.0 Å².